The van der Waals surface area contributed by atoms with Crippen molar-refractivity contribution < 1.29 is 9.53 Å². The first-order chi connectivity index (χ1) is 8.17. The van der Waals surface area contributed by atoms with Gasteiger partial charge in [0.25, 0.3) is 0 Å². The van der Waals surface area contributed by atoms with Crippen LogP contribution in [0.2, 0.25) is 0 Å². The largest absolute Gasteiger partial charge is 0.497 e. The number of amides is 1. The van der Waals surface area contributed by atoms with Crippen LogP contribution in [0.15, 0.2) is 18.2 Å². The molecule has 1 amide bonds. The average Bonchev–Trinajstić information content (AvgIpc) is 2.31. The summed E-state index contributed by atoms with van der Waals surface area (Å²) in [7, 11) is 1.65. The fraction of sp³-hybridized carbons (Fsp3) is 0.462. The maximum Gasteiger partial charge on any atom is 0.221 e. The predicted octanol–water partition coefficient (Wildman–Crippen LogP) is 1.94. The Morgan fingerprint density at radius 3 is 2.76 bits per heavy atom. The standard InChI is InChI=1S/C13H20N2O2/c1-4-14-13(16)7-8-15-12-6-5-11(17-3)9-10(12)2/h5-6,9,15H,4,7-8H2,1-3H3,(H,14,16). The lowest BCUT2D eigenvalue weighted by atomic mass is 10.2. The van der Waals surface area contributed by atoms with E-state index < -0.39 is 0 Å². The van der Waals surface area contributed by atoms with Gasteiger partial charge in [0, 0.05) is 25.2 Å². The molecule has 0 aromatic heterocycles. The molecule has 2 N–H and O–H groups in total. The van der Waals surface area contributed by atoms with Crippen molar-refractivity contribution in [3.63, 3.8) is 0 Å². The lowest BCUT2D eigenvalue weighted by Gasteiger charge is -2.10. The van der Waals surface area contributed by atoms with Crippen molar-refractivity contribution in [1.29, 1.82) is 0 Å². The van der Waals surface area contributed by atoms with Crippen LogP contribution in [0, 0.1) is 6.92 Å². The lowest BCUT2D eigenvalue weighted by Crippen LogP contribution is -2.24. The molecule has 0 aliphatic carbocycles. The minimum atomic E-state index is 0.0752. The second-order valence-corrected chi connectivity index (χ2v) is 3.81. The van der Waals surface area contributed by atoms with Crippen LogP contribution in [-0.4, -0.2) is 26.1 Å². The zero-order valence-corrected chi connectivity index (χ0v) is 10.7. The number of hydrogen-bond donors (Lipinski definition) is 2. The minimum Gasteiger partial charge on any atom is -0.497 e. The Balaban J connectivity index is 2.44. The molecule has 0 bridgehead atoms. The second-order valence-electron chi connectivity index (χ2n) is 3.81. The van der Waals surface area contributed by atoms with Crippen LogP contribution in [0.25, 0.3) is 0 Å². The van der Waals surface area contributed by atoms with E-state index >= 15 is 0 Å². The van der Waals surface area contributed by atoms with Gasteiger partial charge in [0.2, 0.25) is 5.91 Å². The third-order valence-electron chi connectivity index (χ3n) is 2.48. The highest BCUT2D eigenvalue weighted by molar-refractivity contribution is 5.76. The minimum absolute atomic E-state index is 0.0752. The topological polar surface area (TPSA) is 50.4 Å². The summed E-state index contributed by atoms with van der Waals surface area (Å²) in [5.74, 6) is 0.919. The maximum absolute atomic E-state index is 11.2. The summed E-state index contributed by atoms with van der Waals surface area (Å²) >= 11 is 0. The zero-order valence-electron chi connectivity index (χ0n) is 10.7. The molecule has 0 saturated heterocycles. The number of hydrogen-bond acceptors (Lipinski definition) is 3. The summed E-state index contributed by atoms with van der Waals surface area (Å²) < 4.78 is 5.13. The van der Waals surface area contributed by atoms with Crippen LogP contribution >= 0.6 is 0 Å². The van der Waals surface area contributed by atoms with E-state index in [9.17, 15) is 4.79 Å². The van der Waals surface area contributed by atoms with E-state index in [4.69, 9.17) is 4.74 Å². The molecule has 0 unspecified atom stereocenters. The van der Waals surface area contributed by atoms with Crippen LogP contribution in [0.5, 0.6) is 5.75 Å². The lowest BCUT2D eigenvalue weighted by molar-refractivity contribution is -0.120. The molecule has 4 nitrogen and oxygen atoms in total. The van der Waals surface area contributed by atoms with Crippen molar-refractivity contribution in [2.75, 3.05) is 25.5 Å². The highest BCUT2D eigenvalue weighted by Gasteiger charge is 2.02. The SMILES string of the molecule is CCNC(=O)CCNc1ccc(OC)cc1C. The zero-order chi connectivity index (χ0) is 12.7. The van der Waals surface area contributed by atoms with Crippen LogP contribution in [-0.2, 0) is 4.79 Å². The van der Waals surface area contributed by atoms with Crippen molar-refractivity contribution in [2.24, 2.45) is 0 Å². The monoisotopic (exact) mass is 236 g/mol. The third kappa shape index (κ3) is 4.34. The van der Waals surface area contributed by atoms with Crippen molar-refractivity contribution in [3.05, 3.63) is 23.8 Å². The molecule has 0 radical (unpaired) electrons. The van der Waals surface area contributed by atoms with Crippen molar-refractivity contribution >= 4 is 11.6 Å². The quantitative estimate of drug-likeness (QED) is 0.793. The van der Waals surface area contributed by atoms with Gasteiger partial charge in [0.1, 0.15) is 5.75 Å². The predicted molar refractivity (Wildman–Crippen MR) is 69.5 cm³/mol. The van der Waals surface area contributed by atoms with Gasteiger partial charge in [-0.15, -0.1) is 0 Å². The Bertz CT molecular complexity index is 378. The van der Waals surface area contributed by atoms with E-state index in [0.29, 0.717) is 19.5 Å². The summed E-state index contributed by atoms with van der Waals surface area (Å²) in [6.07, 6.45) is 0.485. The van der Waals surface area contributed by atoms with Gasteiger partial charge in [-0.3, -0.25) is 4.79 Å². The van der Waals surface area contributed by atoms with Gasteiger partial charge in [0.05, 0.1) is 7.11 Å². The first-order valence-electron chi connectivity index (χ1n) is 5.82. The normalized spacial score (nSPS) is 9.82. The van der Waals surface area contributed by atoms with Gasteiger partial charge in [0.15, 0.2) is 0 Å². The van der Waals surface area contributed by atoms with Gasteiger partial charge in [-0.25, -0.2) is 0 Å². The number of benzene rings is 1. The molecule has 17 heavy (non-hydrogen) atoms. The molecule has 94 valence electrons. The third-order valence-corrected chi connectivity index (χ3v) is 2.48. The Morgan fingerprint density at radius 1 is 1.41 bits per heavy atom. The number of rotatable bonds is 6. The molecule has 1 rings (SSSR count). The first kappa shape index (κ1) is 13.4. The summed E-state index contributed by atoms with van der Waals surface area (Å²) in [6, 6.07) is 5.84. The summed E-state index contributed by atoms with van der Waals surface area (Å²) in [5, 5.41) is 6.00. The number of carbonyl (C=O) groups excluding carboxylic acids is 1. The second kappa shape index (κ2) is 6.78. The summed E-state index contributed by atoms with van der Waals surface area (Å²) in [4.78, 5) is 11.2. The number of aryl methyl sites for hydroxylation is 1. The molecule has 0 aliphatic heterocycles. The number of methoxy groups -OCH3 is 1. The molecule has 0 heterocycles. The van der Waals surface area contributed by atoms with Crippen LogP contribution in [0.4, 0.5) is 5.69 Å². The highest BCUT2D eigenvalue weighted by Crippen LogP contribution is 2.20. The molecule has 4 heteroatoms. The van der Waals surface area contributed by atoms with E-state index in [-0.39, 0.29) is 5.91 Å². The van der Waals surface area contributed by atoms with Gasteiger partial charge in [-0.2, -0.15) is 0 Å². The fourth-order valence-corrected chi connectivity index (χ4v) is 1.56. The molecule has 1 aromatic carbocycles. The molecule has 0 fully saturated rings. The van der Waals surface area contributed by atoms with E-state index in [1.54, 1.807) is 7.11 Å². The molecule has 1 aromatic rings. The molecule has 0 aliphatic rings. The maximum atomic E-state index is 11.2. The van der Waals surface area contributed by atoms with Gasteiger partial charge < -0.3 is 15.4 Å². The Labute approximate surface area is 102 Å². The van der Waals surface area contributed by atoms with E-state index in [1.165, 1.54) is 0 Å². The fourth-order valence-electron chi connectivity index (χ4n) is 1.56. The number of carbonyl (C=O) groups is 1. The van der Waals surface area contributed by atoms with Crippen molar-refractivity contribution in [3.8, 4) is 5.75 Å². The number of nitrogens with one attached hydrogen (secondary N) is 2. The molecular weight excluding hydrogens is 216 g/mol. The number of ether oxygens (including phenoxy) is 1. The summed E-state index contributed by atoms with van der Waals surface area (Å²) in [6.45, 7) is 5.25. The van der Waals surface area contributed by atoms with Crippen LogP contribution < -0.4 is 15.4 Å². The molecule has 0 atom stereocenters. The average molecular weight is 236 g/mol. The van der Waals surface area contributed by atoms with Crippen molar-refractivity contribution in [1.82, 2.24) is 5.32 Å². The summed E-state index contributed by atoms with van der Waals surface area (Å²) in [5.41, 5.74) is 2.15. The molecule has 0 saturated carbocycles. The Kier molecular flexibility index (Phi) is 5.33. The number of anilines is 1. The molecule has 0 spiro atoms. The smallest absolute Gasteiger partial charge is 0.221 e. The van der Waals surface area contributed by atoms with Crippen LogP contribution in [0.3, 0.4) is 0 Å². The Morgan fingerprint density at radius 2 is 2.18 bits per heavy atom. The van der Waals surface area contributed by atoms with Crippen LogP contribution in [0.1, 0.15) is 18.9 Å². The Hall–Kier alpha value is -1.71. The van der Waals surface area contributed by atoms with E-state index in [2.05, 4.69) is 10.6 Å². The van der Waals surface area contributed by atoms with Gasteiger partial charge in [-0.1, -0.05) is 0 Å². The van der Waals surface area contributed by atoms with Gasteiger partial charge >= 0.3 is 0 Å². The van der Waals surface area contributed by atoms with Crippen molar-refractivity contribution in [2.45, 2.75) is 20.3 Å². The first-order valence-corrected chi connectivity index (χ1v) is 5.82. The van der Waals surface area contributed by atoms with E-state index in [0.717, 1.165) is 17.0 Å². The molecular formula is C13H20N2O2. The van der Waals surface area contributed by atoms with E-state index in [1.807, 2.05) is 32.0 Å². The highest BCUT2D eigenvalue weighted by atomic mass is 16.5. The van der Waals surface area contributed by atoms with Gasteiger partial charge in [-0.05, 0) is 37.6 Å².